The van der Waals surface area contributed by atoms with Gasteiger partial charge in [-0.05, 0) is 60.1 Å². The number of carboxylic acid groups (broad SMARTS) is 1. The molecule has 1 aromatic heterocycles. The Labute approximate surface area is 203 Å². The second kappa shape index (κ2) is 9.58. The van der Waals surface area contributed by atoms with Crippen LogP contribution in [0, 0.1) is 6.92 Å². The monoisotopic (exact) mass is 495 g/mol. The summed E-state index contributed by atoms with van der Waals surface area (Å²) in [4.78, 5) is 49.5. The number of aromatic carboxylic acids is 1. The average molecular weight is 496 g/mol. The van der Waals surface area contributed by atoms with E-state index in [-0.39, 0.29) is 27.0 Å². The maximum Gasteiger partial charge on any atom is 0.294 e. The molecule has 10 heteroatoms. The Bertz CT molecular complexity index is 1360. The Hall–Kier alpha value is -3.82. The van der Waals surface area contributed by atoms with E-state index in [1.807, 2.05) is 19.1 Å². The SMILES string of the molecule is Cc1ccccc1NC(=O)CN1C(=O)S/C(=C/c2ccc(-c3cc(C(=O)[O-])ccc3Cl)o2)C1=O. The molecule has 1 N–H and O–H groups in total. The number of imide groups is 1. The molecule has 1 aliphatic rings. The molecule has 0 aliphatic carbocycles. The molecule has 0 radical (unpaired) electrons. The van der Waals surface area contributed by atoms with Gasteiger partial charge in [0.15, 0.2) is 0 Å². The predicted octanol–water partition coefficient (Wildman–Crippen LogP) is 3.95. The minimum Gasteiger partial charge on any atom is -0.545 e. The molecule has 34 heavy (non-hydrogen) atoms. The molecule has 0 saturated carbocycles. The molecule has 0 atom stereocenters. The van der Waals surface area contributed by atoms with Gasteiger partial charge < -0.3 is 19.6 Å². The molecule has 1 saturated heterocycles. The molecule has 2 heterocycles. The molecule has 0 bridgehead atoms. The first kappa shape index (κ1) is 23.3. The number of carboxylic acids is 1. The third-order valence-electron chi connectivity index (χ3n) is 4.96. The Kier molecular flexibility index (Phi) is 6.58. The molecular weight excluding hydrogens is 480 g/mol. The number of halogens is 1. The van der Waals surface area contributed by atoms with E-state index in [0.717, 1.165) is 10.5 Å². The van der Waals surface area contributed by atoms with Crippen molar-refractivity contribution in [2.24, 2.45) is 0 Å². The fourth-order valence-electron chi connectivity index (χ4n) is 3.23. The van der Waals surface area contributed by atoms with Crippen LogP contribution in [0.4, 0.5) is 10.5 Å². The summed E-state index contributed by atoms with van der Waals surface area (Å²) in [6.45, 7) is 1.41. The van der Waals surface area contributed by atoms with Gasteiger partial charge in [-0.3, -0.25) is 19.3 Å². The minimum atomic E-state index is -1.36. The number of aryl methyl sites for hydroxylation is 1. The molecule has 1 aliphatic heterocycles. The second-order valence-electron chi connectivity index (χ2n) is 7.32. The van der Waals surface area contributed by atoms with Gasteiger partial charge in [0.25, 0.3) is 11.1 Å². The van der Waals surface area contributed by atoms with Crippen LogP contribution >= 0.6 is 23.4 Å². The van der Waals surface area contributed by atoms with Gasteiger partial charge in [-0.1, -0.05) is 35.9 Å². The third-order valence-corrected chi connectivity index (χ3v) is 6.20. The number of carbonyl (C=O) groups excluding carboxylic acids is 4. The number of hydrogen-bond acceptors (Lipinski definition) is 7. The highest BCUT2D eigenvalue weighted by Gasteiger charge is 2.36. The van der Waals surface area contributed by atoms with Crippen LogP contribution in [0.1, 0.15) is 21.7 Å². The van der Waals surface area contributed by atoms with Crippen molar-refractivity contribution < 1.29 is 28.7 Å². The van der Waals surface area contributed by atoms with Crippen molar-refractivity contribution >= 4 is 58.1 Å². The Morgan fingerprint density at radius 1 is 1.15 bits per heavy atom. The molecule has 2 aromatic carbocycles. The molecule has 1 fully saturated rings. The normalized spacial score (nSPS) is 14.6. The lowest BCUT2D eigenvalue weighted by Crippen LogP contribution is -2.36. The Morgan fingerprint density at radius 3 is 2.65 bits per heavy atom. The lowest BCUT2D eigenvalue weighted by molar-refractivity contribution is -0.255. The maximum atomic E-state index is 12.7. The standard InChI is InChI=1S/C24H17ClN2O6S/c1-13-4-2-3-5-18(13)26-21(28)12-27-22(29)20(34-24(27)32)11-15-7-9-19(33-15)16-10-14(23(30)31)6-8-17(16)25/h2-11H,12H2,1H3,(H,26,28)(H,30,31)/p-1/b20-11+. The summed E-state index contributed by atoms with van der Waals surface area (Å²) in [5, 5.41) is 13.5. The number of thioether (sulfide) groups is 1. The highest BCUT2D eigenvalue weighted by Crippen LogP contribution is 2.35. The van der Waals surface area contributed by atoms with Crippen LogP contribution in [0.2, 0.25) is 5.02 Å². The molecule has 3 aromatic rings. The van der Waals surface area contributed by atoms with Crippen molar-refractivity contribution in [3.05, 3.63) is 81.4 Å². The molecule has 4 rings (SSSR count). The van der Waals surface area contributed by atoms with E-state index < -0.39 is 29.6 Å². The highest BCUT2D eigenvalue weighted by atomic mass is 35.5. The van der Waals surface area contributed by atoms with Crippen LogP contribution < -0.4 is 10.4 Å². The topological polar surface area (TPSA) is 120 Å². The van der Waals surface area contributed by atoms with E-state index in [1.165, 1.54) is 24.3 Å². The number of nitrogens with one attached hydrogen (secondary N) is 1. The van der Waals surface area contributed by atoms with Gasteiger partial charge in [0.1, 0.15) is 18.1 Å². The van der Waals surface area contributed by atoms with Crippen molar-refractivity contribution in [2.45, 2.75) is 6.92 Å². The van der Waals surface area contributed by atoms with Gasteiger partial charge in [0, 0.05) is 17.3 Å². The van der Waals surface area contributed by atoms with Crippen molar-refractivity contribution in [1.29, 1.82) is 0 Å². The average Bonchev–Trinajstić information content (AvgIpc) is 3.36. The number of nitrogens with zero attached hydrogens (tertiary/aromatic N) is 1. The van der Waals surface area contributed by atoms with Gasteiger partial charge in [-0.25, -0.2) is 0 Å². The zero-order valence-electron chi connectivity index (χ0n) is 17.7. The molecule has 0 spiro atoms. The Morgan fingerprint density at radius 2 is 1.91 bits per heavy atom. The fraction of sp³-hybridized carbons (Fsp3) is 0.0833. The summed E-state index contributed by atoms with van der Waals surface area (Å²) < 4.78 is 5.69. The molecular formula is C24H16ClN2O6S-. The molecule has 0 unspecified atom stereocenters. The Balaban J connectivity index is 1.49. The van der Waals surface area contributed by atoms with E-state index >= 15 is 0 Å². The quantitative estimate of drug-likeness (QED) is 0.514. The van der Waals surface area contributed by atoms with E-state index in [4.69, 9.17) is 16.0 Å². The lowest BCUT2D eigenvalue weighted by atomic mass is 10.1. The van der Waals surface area contributed by atoms with Crippen LogP contribution in [0.5, 0.6) is 0 Å². The van der Waals surface area contributed by atoms with Crippen LogP contribution in [0.3, 0.4) is 0 Å². The van der Waals surface area contributed by atoms with Gasteiger partial charge >= 0.3 is 0 Å². The number of para-hydroxylation sites is 1. The van der Waals surface area contributed by atoms with Crippen LogP contribution in [0.15, 0.2) is 63.9 Å². The van der Waals surface area contributed by atoms with E-state index in [0.29, 0.717) is 23.0 Å². The first-order valence-corrected chi connectivity index (χ1v) is 11.1. The van der Waals surface area contributed by atoms with Crippen molar-refractivity contribution in [3.8, 4) is 11.3 Å². The van der Waals surface area contributed by atoms with Gasteiger partial charge in [-0.2, -0.15) is 0 Å². The molecule has 3 amide bonds. The van der Waals surface area contributed by atoms with Crippen LogP contribution in [-0.4, -0.2) is 34.5 Å². The highest BCUT2D eigenvalue weighted by molar-refractivity contribution is 8.18. The van der Waals surface area contributed by atoms with Crippen LogP contribution in [0.25, 0.3) is 17.4 Å². The van der Waals surface area contributed by atoms with Gasteiger partial charge in [0.05, 0.1) is 15.9 Å². The first-order valence-electron chi connectivity index (χ1n) is 9.95. The number of carbonyl (C=O) groups is 4. The fourth-order valence-corrected chi connectivity index (χ4v) is 4.26. The second-order valence-corrected chi connectivity index (χ2v) is 8.72. The summed E-state index contributed by atoms with van der Waals surface area (Å²) in [7, 11) is 0. The van der Waals surface area contributed by atoms with E-state index in [2.05, 4.69) is 5.32 Å². The predicted molar refractivity (Wildman–Crippen MR) is 126 cm³/mol. The first-order chi connectivity index (χ1) is 16.2. The number of benzene rings is 2. The van der Waals surface area contributed by atoms with Crippen molar-refractivity contribution in [2.75, 3.05) is 11.9 Å². The number of hydrogen-bond donors (Lipinski definition) is 1. The van der Waals surface area contributed by atoms with Crippen molar-refractivity contribution in [1.82, 2.24) is 4.90 Å². The smallest absolute Gasteiger partial charge is 0.294 e. The minimum absolute atomic E-state index is 0.0672. The van der Waals surface area contributed by atoms with Gasteiger partial charge in [0.2, 0.25) is 5.91 Å². The summed E-state index contributed by atoms with van der Waals surface area (Å²) in [6.07, 6.45) is 1.38. The van der Waals surface area contributed by atoms with E-state index in [1.54, 1.807) is 24.3 Å². The number of furan rings is 1. The zero-order valence-corrected chi connectivity index (χ0v) is 19.2. The number of anilines is 1. The summed E-state index contributed by atoms with van der Waals surface area (Å²) in [5.41, 5.74) is 1.72. The number of rotatable bonds is 6. The van der Waals surface area contributed by atoms with E-state index in [9.17, 15) is 24.3 Å². The zero-order chi connectivity index (χ0) is 24.4. The molecule has 172 valence electrons. The maximum absolute atomic E-state index is 12.7. The van der Waals surface area contributed by atoms with Crippen LogP contribution in [-0.2, 0) is 9.59 Å². The molecule has 8 nitrogen and oxygen atoms in total. The van der Waals surface area contributed by atoms with Gasteiger partial charge in [-0.15, -0.1) is 0 Å². The summed E-state index contributed by atoms with van der Waals surface area (Å²) >= 11 is 6.85. The lowest BCUT2D eigenvalue weighted by Gasteiger charge is -2.13. The largest absolute Gasteiger partial charge is 0.545 e. The van der Waals surface area contributed by atoms with Crippen molar-refractivity contribution in [3.63, 3.8) is 0 Å². The number of amides is 3. The third kappa shape index (κ3) is 4.90. The summed E-state index contributed by atoms with van der Waals surface area (Å²) in [6, 6.07) is 14.3. The summed E-state index contributed by atoms with van der Waals surface area (Å²) in [5.74, 6) is -1.95.